The zero-order chi connectivity index (χ0) is 15.6. The molecule has 0 saturated carbocycles. The molecule has 21 heavy (non-hydrogen) atoms. The van der Waals surface area contributed by atoms with Gasteiger partial charge in [-0.15, -0.1) is 0 Å². The predicted octanol–water partition coefficient (Wildman–Crippen LogP) is 3.17. The van der Waals surface area contributed by atoms with Gasteiger partial charge >= 0.3 is 0 Å². The number of carbonyl (C=O) groups excluding carboxylic acids is 1. The smallest absolute Gasteiger partial charge is 0.223 e. The zero-order valence-electron chi connectivity index (χ0n) is 13.1. The van der Waals surface area contributed by atoms with E-state index in [4.69, 9.17) is 5.73 Å². The largest absolute Gasteiger partial charge is 0.334 e. The van der Waals surface area contributed by atoms with Crippen molar-refractivity contribution in [1.82, 2.24) is 4.90 Å². The van der Waals surface area contributed by atoms with Gasteiger partial charge in [-0.05, 0) is 31.7 Å². The third-order valence-corrected chi connectivity index (χ3v) is 4.02. The maximum atomic E-state index is 14.3. The minimum Gasteiger partial charge on any atom is -0.334 e. The molecule has 2 atom stereocenters. The molecule has 1 aliphatic rings. The van der Waals surface area contributed by atoms with Crippen molar-refractivity contribution >= 4 is 5.91 Å². The number of carbonyl (C=O) groups is 1. The van der Waals surface area contributed by atoms with Gasteiger partial charge < -0.3 is 10.6 Å². The van der Waals surface area contributed by atoms with Gasteiger partial charge in [-0.2, -0.15) is 0 Å². The lowest BCUT2D eigenvalue weighted by Gasteiger charge is -2.35. The van der Waals surface area contributed by atoms with E-state index in [2.05, 4.69) is 13.8 Å². The number of nitrogens with two attached hydrogens (primary N) is 1. The summed E-state index contributed by atoms with van der Waals surface area (Å²) < 4.78 is 14.3. The monoisotopic (exact) mass is 292 g/mol. The quantitative estimate of drug-likeness (QED) is 0.930. The highest BCUT2D eigenvalue weighted by molar-refractivity contribution is 5.77. The molecule has 1 fully saturated rings. The number of hydrogen-bond acceptors (Lipinski definition) is 2. The molecule has 2 rings (SSSR count). The summed E-state index contributed by atoms with van der Waals surface area (Å²) in [5.41, 5.74) is 7.84. The number of hydrogen-bond donors (Lipinski definition) is 1. The average Bonchev–Trinajstić information content (AvgIpc) is 2.53. The molecule has 2 unspecified atom stereocenters. The standard InChI is InChI=1S/C17H25FN2O/c1-11(2)10-20-16(21)6-4-5-15(19)17(20)13-9-12(3)7-8-14(13)18/h7-9,11,15,17H,4-6,10,19H2,1-3H3. The fourth-order valence-corrected chi connectivity index (χ4v) is 3.07. The SMILES string of the molecule is Cc1ccc(F)c(C2C(N)CCCC(=O)N2CC(C)C)c1. The molecule has 1 heterocycles. The molecule has 116 valence electrons. The van der Waals surface area contributed by atoms with Crippen LogP contribution < -0.4 is 5.73 Å². The molecule has 1 aromatic carbocycles. The highest BCUT2D eigenvalue weighted by Gasteiger charge is 2.34. The lowest BCUT2D eigenvalue weighted by atomic mass is 9.94. The first kappa shape index (κ1) is 16.0. The van der Waals surface area contributed by atoms with Gasteiger partial charge in [0.1, 0.15) is 5.82 Å². The van der Waals surface area contributed by atoms with Crippen molar-refractivity contribution in [3.05, 3.63) is 35.1 Å². The first-order chi connectivity index (χ1) is 9.90. The minimum absolute atomic E-state index is 0.0857. The molecule has 1 aromatic rings. The maximum Gasteiger partial charge on any atom is 0.223 e. The van der Waals surface area contributed by atoms with E-state index in [0.29, 0.717) is 24.4 Å². The summed E-state index contributed by atoms with van der Waals surface area (Å²) in [7, 11) is 0. The Labute approximate surface area is 126 Å². The van der Waals surface area contributed by atoms with E-state index in [1.807, 2.05) is 13.0 Å². The highest BCUT2D eigenvalue weighted by Crippen LogP contribution is 2.32. The third-order valence-electron chi connectivity index (χ3n) is 4.02. The van der Waals surface area contributed by atoms with Crippen molar-refractivity contribution in [3.8, 4) is 0 Å². The second-order valence-electron chi connectivity index (χ2n) is 6.47. The van der Waals surface area contributed by atoms with Crippen molar-refractivity contribution in [1.29, 1.82) is 0 Å². The van der Waals surface area contributed by atoms with Gasteiger partial charge in [0.2, 0.25) is 5.91 Å². The van der Waals surface area contributed by atoms with Gasteiger partial charge in [-0.1, -0.05) is 31.5 Å². The molecule has 0 spiro atoms. The van der Waals surface area contributed by atoms with Crippen molar-refractivity contribution in [2.75, 3.05) is 6.54 Å². The van der Waals surface area contributed by atoms with Crippen LogP contribution in [0.1, 0.15) is 50.3 Å². The lowest BCUT2D eigenvalue weighted by molar-refractivity contribution is -0.133. The predicted molar refractivity (Wildman–Crippen MR) is 82.3 cm³/mol. The molecular weight excluding hydrogens is 267 g/mol. The Bertz CT molecular complexity index is 516. The molecule has 1 amide bonds. The first-order valence-corrected chi connectivity index (χ1v) is 7.71. The lowest BCUT2D eigenvalue weighted by Crippen LogP contribution is -2.44. The van der Waals surface area contributed by atoms with Gasteiger partial charge in [0.15, 0.2) is 0 Å². The summed E-state index contributed by atoms with van der Waals surface area (Å²) in [6.07, 6.45) is 2.03. The number of halogens is 1. The van der Waals surface area contributed by atoms with Crippen molar-refractivity contribution in [2.45, 2.75) is 52.1 Å². The molecule has 0 aromatic heterocycles. The second-order valence-corrected chi connectivity index (χ2v) is 6.47. The Morgan fingerprint density at radius 2 is 2.14 bits per heavy atom. The summed E-state index contributed by atoms with van der Waals surface area (Å²) in [6, 6.07) is 4.47. The van der Waals surface area contributed by atoms with Crippen LogP contribution in [0.5, 0.6) is 0 Å². The Morgan fingerprint density at radius 3 is 2.81 bits per heavy atom. The molecule has 0 bridgehead atoms. The van der Waals surface area contributed by atoms with Crippen LogP contribution in [-0.2, 0) is 4.79 Å². The van der Waals surface area contributed by atoms with E-state index in [-0.39, 0.29) is 23.8 Å². The second kappa shape index (κ2) is 6.56. The van der Waals surface area contributed by atoms with Crippen molar-refractivity contribution < 1.29 is 9.18 Å². The van der Waals surface area contributed by atoms with Gasteiger partial charge in [0, 0.05) is 24.6 Å². The topological polar surface area (TPSA) is 46.3 Å². The number of likely N-dealkylation sites (tertiary alicyclic amines) is 1. The van der Waals surface area contributed by atoms with E-state index in [1.54, 1.807) is 11.0 Å². The fourth-order valence-electron chi connectivity index (χ4n) is 3.07. The van der Waals surface area contributed by atoms with Crippen molar-refractivity contribution in [3.63, 3.8) is 0 Å². The fraction of sp³-hybridized carbons (Fsp3) is 0.588. The zero-order valence-corrected chi connectivity index (χ0v) is 13.1. The Morgan fingerprint density at radius 1 is 1.43 bits per heavy atom. The summed E-state index contributed by atoms with van der Waals surface area (Å²) in [5, 5.41) is 0. The average molecular weight is 292 g/mol. The van der Waals surface area contributed by atoms with E-state index in [0.717, 1.165) is 18.4 Å². The molecular formula is C17H25FN2O. The van der Waals surface area contributed by atoms with Gasteiger partial charge in [0.25, 0.3) is 0 Å². The molecule has 0 radical (unpaired) electrons. The highest BCUT2D eigenvalue weighted by atomic mass is 19.1. The van der Waals surface area contributed by atoms with E-state index < -0.39 is 0 Å². The number of benzene rings is 1. The Kier molecular flexibility index (Phi) is 4.99. The van der Waals surface area contributed by atoms with Crippen LogP contribution in [0, 0.1) is 18.7 Å². The minimum atomic E-state index is -0.359. The number of aryl methyl sites for hydroxylation is 1. The molecule has 3 nitrogen and oxygen atoms in total. The number of nitrogens with zero attached hydrogens (tertiary/aromatic N) is 1. The van der Waals surface area contributed by atoms with Crippen LogP contribution >= 0.6 is 0 Å². The maximum absolute atomic E-state index is 14.3. The molecule has 2 N–H and O–H groups in total. The molecule has 1 saturated heterocycles. The van der Waals surface area contributed by atoms with Gasteiger partial charge in [0.05, 0.1) is 6.04 Å². The normalized spacial score (nSPS) is 23.5. The van der Waals surface area contributed by atoms with E-state index >= 15 is 0 Å². The van der Waals surface area contributed by atoms with E-state index in [9.17, 15) is 9.18 Å². The van der Waals surface area contributed by atoms with Crippen LogP contribution in [0.25, 0.3) is 0 Å². The van der Waals surface area contributed by atoms with Crippen LogP contribution in [0.2, 0.25) is 0 Å². The van der Waals surface area contributed by atoms with Crippen LogP contribution in [0.15, 0.2) is 18.2 Å². The molecule has 4 heteroatoms. The first-order valence-electron chi connectivity index (χ1n) is 7.71. The number of amides is 1. The van der Waals surface area contributed by atoms with Gasteiger partial charge in [-0.25, -0.2) is 4.39 Å². The Hall–Kier alpha value is -1.42. The summed E-state index contributed by atoms with van der Waals surface area (Å²) in [6.45, 7) is 6.67. The molecule has 1 aliphatic heterocycles. The third kappa shape index (κ3) is 3.62. The van der Waals surface area contributed by atoms with Crippen molar-refractivity contribution in [2.24, 2.45) is 11.7 Å². The van der Waals surface area contributed by atoms with Gasteiger partial charge in [-0.3, -0.25) is 4.79 Å². The van der Waals surface area contributed by atoms with Crippen LogP contribution in [0.4, 0.5) is 4.39 Å². The van der Waals surface area contributed by atoms with Crippen LogP contribution in [0.3, 0.4) is 0 Å². The Balaban J connectivity index is 2.46. The summed E-state index contributed by atoms with van der Waals surface area (Å²) in [4.78, 5) is 14.2. The summed E-state index contributed by atoms with van der Waals surface area (Å²) in [5.74, 6) is 0.140. The molecule has 0 aliphatic carbocycles. The van der Waals surface area contributed by atoms with E-state index in [1.165, 1.54) is 6.07 Å². The number of rotatable bonds is 3. The van der Waals surface area contributed by atoms with Crippen LogP contribution in [-0.4, -0.2) is 23.4 Å². The summed E-state index contributed by atoms with van der Waals surface area (Å²) >= 11 is 0.